The molecule has 0 atom stereocenters. The molecule has 0 amide bonds. The maximum atomic E-state index is 11.5. The summed E-state index contributed by atoms with van der Waals surface area (Å²) in [6.45, 7) is 0. The summed E-state index contributed by atoms with van der Waals surface area (Å²) in [6, 6.07) is 2.00. The number of nitrogens with one attached hydrogen (secondary N) is 1. The van der Waals surface area contributed by atoms with Crippen LogP contribution in [0.25, 0.3) is 10.1 Å². The Hall–Kier alpha value is -0.680. The molecular weight excluding hydrogens is 264 g/mol. The van der Waals surface area contributed by atoms with Crippen molar-refractivity contribution in [3.8, 4) is 0 Å². The number of halogens is 1. The molecule has 0 spiro atoms. The zero-order valence-electron chi connectivity index (χ0n) is 7.21. The molecule has 0 aromatic carbocycles. The lowest BCUT2D eigenvalue weighted by Gasteiger charge is -1.96. The molecule has 2 aromatic heterocycles. The minimum atomic E-state index is -0.0832. The number of nitrogens with zero attached hydrogens (tertiary/aromatic N) is 1. The summed E-state index contributed by atoms with van der Waals surface area (Å²) >= 11 is 4.87. The second kappa shape index (κ2) is 2.90. The van der Waals surface area contributed by atoms with Crippen molar-refractivity contribution in [2.75, 3.05) is 0 Å². The van der Waals surface area contributed by atoms with Crippen LogP contribution in [0.4, 0.5) is 0 Å². The predicted molar refractivity (Wildman–Crippen MR) is 59.9 cm³/mol. The first kappa shape index (κ1) is 8.61. The predicted octanol–water partition coefficient (Wildman–Crippen LogP) is 2.62. The molecule has 2 aromatic rings. The largest absolute Gasteiger partial charge is 0.282 e. The van der Waals surface area contributed by atoms with Gasteiger partial charge in [-0.1, -0.05) is 0 Å². The van der Waals surface area contributed by atoms with Gasteiger partial charge in [0.1, 0.15) is 4.70 Å². The lowest BCUT2D eigenvalue weighted by molar-refractivity contribution is 0.913. The van der Waals surface area contributed by atoms with E-state index >= 15 is 0 Å². The Labute approximate surface area is 92.3 Å². The standard InChI is InChI=1S/C9H7BrN2OS/c10-6-3-5-7(4-1-2-4)11-12-9(13)8(5)14-6/h3-4H,1-2H2,(H,12,13). The van der Waals surface area contributed by atoms with Crippen molar-refractivity contribution in [3.05, 3.63) is 25.9 Å². The van der Waals surface area contributed by atoms with Gasteiger partial charge in [0, 0.05) is 11.3 Å². The summed E-state index contributed by atoms with van der Waals surface area (Å²) in [5.74, 6) is 0.566. The van der Waals surface area contributed by atoms with Crippen LogP contribution < -0.4 is 5.56 Å². The minimum absolute atomic E-state index is 0.0832. The molecule has 5 heteroatoms. The summed E-state index contributed by atoms with van der Waals surface area (Å²) < 4.78 is 1.78. The zero-order chi connectivity index (χ0) is 9.71. The van der Waals surface area contributed by atoms with Crippen LogP contribution >= 0.6 is 27.3 Å². The van der Waals surface area contributed by atoms with Crippen LogP contribution in [0.3, 0.4) is 0 Å². The Bertz CT molecular complexity index is 555. The van der Waals surface area contributed by atoms with E-state index in [2.05, 4.69) is 26.1 Å². The fourth-order valence-electron chi connectivity index (χ4n) is 1.61. The highest BCUT2D eigenvalue weighted by Crippen LogP contribution is 2.42. The topological polar surface area (TPSA) is 45.8 Å². The van der Waals surface area contributed by atoms with Crippen LogP contribution in [0.1, 0.15) is 24.5 Å². The number of H-pyrrole nitrogens is 1. The van der Waals surface area contributed by atoms with Gasteiger partial charge in [0.25, 0.3) is 5.56 Å². The zero-order valence-corrected chi connectivity index (χ0v) is 9.61. The molecule has 72 valence electrons. The normalized spacial score (nSPS) is 16.4. The van der Waals surface area contributed by atoms with E-state index in [1.165, 1.54) is 24.2 Å². The van der Waals surface area contributed by atoms with Crippen LogP contribution in [0.2, 0.25) is 0 Å². The molecular formula is C9H7BrN2OS. The second-order valence-corrected chi connectivity index (χ2v) is 5.94. The molecule has 0 aliphatic heterocycles. The maximum Gasteiger partial charge on any atom is 0.282 e. The molecule has 3 nitrogen and oxygen atoms in total. The highest BCUT2D eigenvalue weighted by molar-refractivity contribution is 9.11. The highest BCUT2D eigenvalue weighted by atomic mass is 79.9. The van der Waals surface area contributed by atoms with Crippen molar-refractivity contribution in [2.45, 2.75) is 18.8 Å². The monoisotopic (exact) mass is 270 g/mol. The Morgan fingerprint density at radius 2 is 2.36 bits per heavy atom. The van der Waals surface area contributed by atoms with Gasteiger partial charge < -0.3 is 0 Å². The first-order chi connectivity index (χ1) is 6.75. The molecule has 1 N–H and O–H groups in total. The van der Waals surface area contributed by atoms with Gasteiger partial charge in [-0.3, -0.25) is 4.79 Å². The van der Waals surface area contributed by atoms with E-state index in [0.29, 0.717) is 5.92 Å². The van der Waals surface area contributed by atoms with Crippen molar-refractivity contribution >= 4 is 37.4 Å². The van der Waals surface area contributed by atoms with E-state index < -0.39 is 0 Å². The minimum Gasteiger partial charge on any atom is -0.266 e. The lowest BCUT2D eigenvalue weighted by atomic mass is 10.2. The van der Waals surface area contributed by atoms with Crippen LogP contribution in [0.15, 0.2) is 14.6 Å². The third kappa shape index (κ3) is 1.23. The van der Waals surface area contributed by atoms with E-state index in [1.54, 1.807) is 0 Å². The molecule has 14 heavy (non-hydrogen) atoms. The SMILES string of the molecule is O=c1[nH]nc(C2CC2)c2cc(Br)sc12. The van der Waals surface area contributed by atoms with Crippen molar-refractivity contribution in [2.24, 2.45) is 0 Å². The van der Waals surface area contributed by atoms with Crippen molar-refractivity contribution < 1.29 is 0 Å². The van der Waals surface area contributed by atoms with Gasteiger partial charge >= 0.3 is 0 Å². The quantitative estimate of drug-likeness (QED) is 0.866. The summed E-state index contributed by atoms with van der Waals surface area (Å²) in [5, 5.41) is 7.71. The number of aromatic nitrogens is 2. The van der Waals surface area contributed by atoms with Crippen molar-refractivity contribution in [1.29, 1.82) is 0 Å². The number of thiophene rings is 1. The van der Waals surface area contributed by atoms with Gasteiger partial charge in [0.05, 0.1) is 9.48 Å². The number of hydrogen-bond donors (Lipinski definition) is 1. The fourth-order valence-corrected chi connectivity index (χ4v) is 3.11. The lowest BCUT2D eigenvalue weighted by Crippen LogP contribution is -2.08. The first-order valence-corrected chi connectivity index (χ1v) is 6.04. The van der Waals surface area contributed by atoms with Crippen LogP contribution in [0, 0.1) is 0 Å². The maximum absolute atomic E-state index is 11.5. The van der Waals surface area contributed by atoms with Crippen molar-refractivity contribution in [3.63, 3.8) is 0 Å². The average Bonchev–Trinajstić information content (AvgIpc) is 2.89. The highest BCUT2D eigenvalue weighted by Gasteiger charge is 2.28. The Morgan fingerprint density at radius 3 is 3.07 bits per heavy atom. The molecule has 0 radical (unpaired) electrons. The van der Waals surface area contributed by atoms with Gasteiger partial charge in [0.15, 0.2) is 0 Å². The summed E-state index contributed by atoms with van der Waals surface area (Å²) in [4.78, 5) is 11.5. The Morgan fingerprint density at radius 1 is 1.57 bits per heavy atom. The third-order valence-corrected chi connectivity index (χ3v) is 4.06. The summed E-state index contributed by atoms with van der Waals surface area (Å²) in [6.07, 6.45) is 2.39. The average molecular weight is 271 g/mol. The van der Waals surface area contributed by atoms with E-state index in [0.717, 1.165) is 19.6 Å². The molecule has 1 aliphatic rings. The Kier molecular flexibility index (Phi) is 1.79. The van der Waals surface area contributed by atoms with Crippen LogP contribution in [-0.2, 0) is 0 Å². The number of fused-ring (bicyclic) bond motifs is 1. The molecule has 3 rings (SSSR count). The molecule has 1 aliphatic carbocycles. The second-order valence-electron chi connectivity index (χ2n) is 3.51. The molecule has 1 fully saturated rings. The van der Waals surface area contributed by atoms with E-state index in [1.807, 2.05) is 6.07 Å². The molecule has 0 unspecified atom stereocenters. The van der Waals surface area contributed by atoms with E-state index in [4.69, 9.17) is 0 Å². The van der Waals surface area contributed by atoms with E-state index in [-0.39, 0.29) is 5.56 Å². The number of aromatic amines is 1. The number of rotatable bonds is 1. The first-order valence-electron chi connectivity index (χ1n) is 4.43. The molecule has 1 saturated carbocycles. The smallest absolute Gasteiger partial charge is 0.266 e. The van der Waals surface area contributed by atoms with Gasteiger partial charge in [-0.25, -0.2) is 5.10 Å². The molecule has 2 heterocycles. The summed E-state index contributed by atoms with van der Waals surface area (Å²) in [7, 11) is 0. The van der Waals surface area contributed by atoms with Gasteiger partial charge in [-0.05, 0) is 34.8 Å². The molecule has 0 saturated heterocycles. The van der Waals surface area contributed by atoms with Gasteiger partial charge in [0.2, 0.25) is 0 Å². The van der Waals surface area contributed by atoms with Crippen LogP contribution in [0.5, 0.6) is 0 Å². The van der Waals surface area contributed by atoms with E-state index in [9.17, 15) is 4.79 Å². The fraction of sp³-hybridized carbons (Fsp3) is 0.333. The Balaban J connectivity index is 2.40. The van der Waals surface area contributed by atoms with Crippen molar-refractivity contribution in [1.82, 2.24) is 10.2 Å². The number of hydrogen-bond acceptors (Lipinski definition) is 3. The van der Waals surface area contributed by atoms with Crippen LogP contribution in [-0.4, -0.2) is 10.2 Å². The van der Waals surface area contributed by atoms with Gasteiger partial charge in [-0.2, -0.15) is 5.10 Å². The van der Waals surface area contributed by atoms with Gasteiger partial charge in [-0.15, -0.1) is 11.3 Å². The third-order valence-electron chi connectivity index (χ3n) is 2.43. The molecule has 0 bridgehead atoms. The summed E-state index contributed by atoms with van der Waals surface area (Å²) in [5.41, 5.74) is 0.974.